The molecule has 8 nitrogen and oxygen atoms in total. The molecule has 4 rings (SSSR count). The van der Waals surface area contributed by atoms with Crippen LogP contribution in [0.25, 0.3) is 0 Å². The molecular weight excluding hydrogens is 392 g/mol. The van der Waals surface area contributed by atoms with Crippen LogP contribution in [-0.4, -0.2) is 50.7 Å². The maximum atomic E-state index is 13.1. The van der Waals surface area contributed by atoms with Crippen molar-refractivity contribution in [2.45, 2.75) is 37.7 Å². The van der Waals surface area contributed by atoms with Crippen molar-refractivity contribution >= 4 is 17.5 Å². The smallest absolute Gasteiger partial charge is 0.316 e. The van der Waals surface area contributed by atoms with Crippen molar-refractivity contribution in [3.05, 3.63) is 51.6 Å². The van der Waals surface area contributed by atoms with Gasteiger partial charge in [0.1, 0.15) is 23.2 Å². The van der Waals surface area contributed by atoms with Gasteiger partial charge in [0.05, 0.1) is 29.4 Å². The van der Waals surface area contributed by atoms with E-state index in [1.54, 1.807) is 6.92 Å². The number of phenols is 3. The van der Waals surface area contributed by atoms with Gasteiger partial charge in [-0.15, -0.1) is 0 Å². The first kappa shape index (κ1) is 19.9. The van der Waals surface area contributed by atoms with E-state index in [9.17, 15) is 34.8 Å². The number of carbonyl (C=O) groups excluding carboxylic acids is 3. The molecule has 8 heteroatoms. The average Bonchev–Trinajstić information content (AvgIpc) is 2.73. The van der Waals surface area contributed by atoms with Crippen LogP contribution in [0, 0.1) is 0 Å². The molecule has 0 radical (unpaired) electrons. The topological polar surface area (TPSA) is 141 Å². The molecule has 2 aliphatic carbocycles. The van der Waals surface area contributed by atoms with Crippen molar-refractivity contribution in [3.63, 3.8) is 0 Å². The molecule has 0 bridgehead atoms. The molecule has 2 atom stereocenters. The highest BCUT2D eigenvalue weighted by atomic mass is 16.5. The third kappa shape index (κ3) is 2.40. The van der Waals surface area contributed by atoms with Gasteiger partial charge in [0.25, 0.3) is 0 Å². The Hall–Kier alpha value is -3.39. The minimum atomic E-state index is -1.56. The fourth-order valence-corrected chi connectivity index (χ4v) is 4.62. The Morgan fingerprint density at radius 1 is 1.10 bits per heavy atom. The molecule has 0 spiro atoms. The van der Waals surface area contributed by atoms with E-state index in [2.05, 4.69) is 0 Å². The van der Waals surface area contributed by atoms with Gasteiger partial charge in [-0.1, -0.05) is 19.1 Å². The molecule has 0 unspecified atom stereocenters. The number of methoxy groups -OCH3 is 1. The Labute approximate surface area is 171 Å². The highest BCUT2D eigenvalue weighted by Crippen LogP contribution is 2.53. The van der Waals surface area contributed by atoms with Gasteiger partial charge in [0.15, 0.2) is 5.78 Å². The zero-order chi connectivity index (χ0) is 22.0. The van der Waals surface area contributed by atoms with Crippen molar-refractivity contribution < 1.29 is 39.5 Å². The maximum absolute atomic E-state index is 13.1. The molecule has 4 N–H and O–H groups in total. The number of fused-ring (bicyclic) bond motifs is 3. The SMILES string of the molecule is CC[C@@]1(O)CCc2c(O)c3c(c(O)c2[C@@H]1C(=O)OC)C(=O)c1cccc(O)c1C3=O. The second kappa shape index (κ2) is 6.56. The van der Waals surface area contributed by atoms with E-state index < -0.39 is 57.4 Å². The molecule has 30 heavy (non-hydrogen) atoms. The lowest BCUT2D eigenvalue weighted by molar-refractivity contribution is -0.151. The third-order valence-electron chi connectivity index (χ3n) is 6.24. The molecule has 0 fully saturated rings. The van der Waals surface area contributed by atoms with E-state index >= 15 is 0 Å². The van der Waals surface area contributed by atoms with Gasteiger partial charge in [0.2, 0.25) is 5.78 Å². The van der Waals surface area contributed by atoms with Crippen LogP contribution in [0.4, 0.5) is 0 Å². The number of carbonyl (C=O) groups is 3. The van der Waals surface area contributed by atoms with E-state index in [0.717, 1.165) is 7.11 Å². The summed E-state index contributed by atoms with van der Waals surface area (Å²) in [5, 5.41) is 43.1. The normalized spacial score (nSPS) is 22.2. The van der Waals surface area contributed by atoms with Crippen LogP contribution in [0.5, 0.6) is 17.2 Å². The van der Waals surface area contributed by atoms with E-state index in [1.807, 2.05) is 0 Å². The van der Waals surface area contributed by atoms with Crippen molar-refractivity contribution in [2.75, 3.05) is 7.11 Å². The van der Waals surface area contributed by atoms with Crippen molar-refractivity contribution in [1.82, 2.24) is 0 Å². The zero-order valence-electron chi connectivity index (χ0n) is 16.4. The van der Waals surface area contributed by atoms with Gasteiger partial charge >= 0.3 is 5.97 Å². The third-order valence-corrected chi connectivity index (χ3v) is 6.24. The Morgan fingerprint density at radius 2 is 1.77 bits per heavy atom. The number of aliphatic hydroxyl groups is 1. The average molecular weight is 412 g/mol. The lowest BCUT2D eigenvalue weighted by atomic mass is 9.67. The molecule has 156 valence electrons. The van der Waals surface area contributed by atoms with Crippen LogP contribution in [0.3, 0.4) is 0 Å². The molecule has 0 aromatic heterocycles. The lowest BCUT2D eigenvalue weighted by Crippen LogP contribution is -2.44. The molecule has 2 aliphatic rings. The lowest BCUT2D eigenvalue weighted by Gasteiger charge is -2.40. The first-order valence-electron chi connectivity index (χ1n) is 9.50. The standard InChI is InChI=1S/C22H20O8/c1-3-22(29)8-7-10-13(16(22)21(28)30-2)20(27)15-14(18(10)25)19(26)12-9(17(15)24)5-4-6-11(12)23/h4-6,16,23,25,27,29H,3,7-8H2,1-2H3/t16-,22-/m1/s1. The monoisotopic (exact) mass is 412 g/mol. The molecular formula is C22H20O8. The zero-order valence-corrected chi connectivity index (χ0v) is 16.4. The summed E-state index contributed by atoms with van der Waals surface area (Å²) in [6.45, 7) is 1.67. The predicted molar refractivity (Wildman–Crippen MR) is 103 cm³/mol. The fraction of sp³-hybridized carbons (Fsp3) is 0.318. The summed E-state index contributed by atoms with van der Waals surface area (Å²) in [7, 11) is 1.13. The Bertz CT molecular complexity index is 1130. The summed E-state index contributed by atoms with van der Waals surface area (Å²) in [5.41, 5.74) is -2.83. The van der Waals surface area contributed by atoms with E-state index in [-0.39, 0.29) is 41.5 Å². The fourth-order valence-electron chi connectivity index (χ4n) is 4.62. The Kier molecular flexibility index (Phi) is 4.36. The summed E-state index contributed by atoms with van der Waals surface area (Å²) >= 11 is 0. The largest absolute Gasteiger partial charge is 0.507 e. The molecule has 0 saturated heterocycles. The van der Waals surface area contributed by atoms with Gasteiger partial charge in [-0.3, -0.25) is 14.4 Å². The van der Waals surface area contributed by atoms with E-state index in [0.29, 0.717) is 0 Å². The summed E-state index contributed by atoms with van der Waals surface area (Å²) < 4.78 is 4.83. The van der Waals surface area contributed by atoms with Crippen LogP contribution in [0.15, 0.2) is 18.2 Å². The van der Waals surface area contributed by atoms with Gasteiger partial charge in [-0.05, 0) is 25.3 Å². The van der Waals surface area contributed by atoms with Crippen LogP contribution in [0.2, 0.25) is 0 Å². The molecule has 0 amide bonds. The number of ether oxygens (including phenoxy) is 1. The Balaban J connectivity index is 2.07. The van der Waals surface area contributed by atoms with Gasteiger partial charge in [-0.25, -0.2) is 0 Å². The van der Waals surface area contributed by atoms with Crippen LogP contribution >= 0.6 is 0 Å². The summed E-state index contributed by atoms with van der Waals surface area (Å²) in [6.07, 6.45) is 0.300. The van der Waals surface area contributed by atoms with Gasteiger partial charge in [-0.2, -0.15) is 0 Å². The van der Waals surface area contributed by atoms with Crippen molar-refractivity contribution in [1.29, 1.82) is 0 Å². The first-order valence-corrected chi connectivity index (χ1v) is 9.50. The second-order valence-electron chi connectivity index (χ2n) is 7.61. The van der Waals surface area contributed by atoms with Crippen molar-refractivity contribution in [3.8, 4) is 17.2 Å². The number of phenolic OH excluding ortho intramolecular Hbond substituents is 3. The summed E-state index contributed by atoms with van der Waals surface area (Å²) in [4.78, 5) is 38.8. The number of ketones is 2. The number of esters is 1. The predicted octanol–water partition coefficient (Wildman–Crippen LogP) is 1.92. The van der Waals surface area contributed by atoms with Gasteiger partial charge < -0.3 is 25.2 Å². The minimum absolute atomic E-state index is 0.0644. The maximum Gasteiger partial charge on any atom is 0.316 e. The number of benzene rings is 2. The van der Waals surface area contributed by atoms with Crippen LogP contribution in [-0.2, 0) is 16.0 Å². The summed E-state index contributed by atoms with van der Waals surface area (Å²) in [5.74, 6) is -5.37. The van der Waals surface area contributed by atoms with Crippen molar-refractivity contribution in [2.24, 2.45) is 0 Å². The highest BCUT2D eigenvalue weighted by Gasteiger charge is 2.50. The number of hydrogen-bond donors (Lipinski definition) is 4. The Morgan fingerprint density at radius 3 is 2.40 bits per heavy atom. The number of hydrogen-bond acceptors (Lipinski definition) is 8. The van der Waals surface area contributed by atoms with Gasteiger partial charge in [0, 0.05) is 16.7 Å². The second-order valence-corrected chi connectivity index (χ2v) is 7.61. The molecule has 0 heterocycles. The number of rotatable bonds is 2. The quantitative estimate of drug-likeness (QED) is 0.370. The van der Waals surface area contributed by atoms with Crippen LogP contribution in [0.1, 0.15) is 68.7 Å². The molecule has 0 saturated carbocycles. The van der Waals surface area contributed by atoms with E-state index in [4.69, 9.17) is 4.74 Å². The summed E-state index contributed by atoms with van der Waals surface area (Å²) in [6, 6.07) is 3.96. The molecule has 0 aliphatic heterocycles. The molecule has 2 aromatic carbocycles. The van der Waals surface area contributed by atoms with E-state index in [1.165, 1.54) is 18.2 Å². The minimum Gasteiger partial charge on any atom is -0.507 e. The first-order chi connectivity index (χ1) is 14.2. The molecule has 2 aromatic rings. The highest BCUT2D eigenvalue weighted by molar-refractivity contribution is 6.31. The number of aromatic hydroxyl groups is 3. The van der Waals surface area contributed by atoms with Crippen LogP contribution < -0.4 is 0 Å².